The fraction of sp³-hybridized carbons (Fsp3) is 0.429. The quantitative estimate of drug-likeness (QED) is 0.631. The Morgan fingerprint density at radius 3 is 2.55 bits per heavy atom. The number of nitrogens with two attached hydrogens (primary N) is 1. The SMILES string of the molecule is CCOC(=O)C(CC)OC(=O)c1cccc(N)c1OC. The largest absolute Gasteiger partial charge is 0.494 e. The molecule has 0 aliphatic carbocycles. The molecule has 0 aliphatic rings. The lowest BCUT2D eigenvalue weighted by molar-refractivity contribution is -0.153. The van der Waals surface area contributed by atoms with Crippen LogP contribution in [0.15, 0.2) is 18.2 Å². The molecule has 6 heteroatoms. The molecule has 20 heavy (non-hydrogen) atoms. The van der Waals surface area contributed by atoms with Crippen molar-refractivity contribution in [3.05, 3.63) is 23.8 Å². The highest BCUT2D eigenvalue weighted by Crippen LogP contribution is 2.27. The number of hydrogen-bond acceptors (Lipinski definition) is 6. The predicted molar refractivity (Wildman–Crippen MR) is 73.5 cm³/mol. The van der Waals surface area contributed by atoms with E-state index in [1.807, 2.05) is 0 Å². The van der Waals surface area contributed by atoms with Gasteiger partial charge in [-0.2, -0.15) is 0 Å². The second kappa shape index (κ2) is 7.37. The number of benzene rings is 1. The van der Waals surface area contributed by atoms with Gasteiger partial charge in [-0.15, -0.1) is 0 Å². The van der Waals surface area contributed by atoms with Gasteiger partial charge in [0.25, 0.3) is 0 Å². The van der Waals surface area contributed by atoms with Gasteiger partial charge in [-0.25, -0.2) is 9.59 Å². The van der Waals surface area contributed by atoms with E-state index in [1.165, 1.54) is 13.2 Å². The molecule has 0 aliphatic heterocycles. The molecule has 1 rings (SSSR count). The summed E-state index contributed by atoms with van der Waals surface area (Å²) >= 11 is 0. The Kier molecular flexibility index (Phi) is 5.83. The summed E-state index contributed by atoms with van der Waals surface area (Å²) in [6, 6.07) is 4.74. The third-order valence-electron chi connectivity index (χ3n) is 2.64. The second-order valence-electron chi connectivity index (χ2n) is 3.98. The molecule has 1 aromatic carbocycles. The first-order valence-corrected chi connectivity index (χ1v) is 6.35. The van der Waals surface area contributed by atoms with E-state index < -0.39 is 18.0 Å². The molecular formula is C14H19NO5. The summed E-state index contributed by atoms with van der Waals surface area (Å²) in [5, 5.41) is 0. The van der Waals surface area contributed by atoms with Gasteiger partial charge < -0.3 is 19.9 Å². The first-order valence-electron chi connectivity index (χ1n) is 6.35. The van der Waals surface area contributed by atoms with Crippen molar-refractivity contribution < 1.29 is 23.8 Å². The van der Waals surface area contributed by atoms with Crippen LogP contribution in [0.25, 0.3) is 0 Å². The number of carbonyl (C=O) groups is 2. The Bertz CT molecular complexity index is 486. The maximum Gasteiger partial charge on any atom is 0.347 e. The van der Waals surface area contributed by atoms with Gasteiger partial charge in [-0.3, -0.25) is 0 Å². The number of esters is 2. The number of ether oxygens (including phenoxy) is 3. The van der Waals surface area contributed by atoms with E-state index in [4.69, 9.17) is 19.9 Å². The van der Waals surface area contributed by atoms with Crippen LogP contribution >= 0.6 is 0 Å². The number of nitrogen functional groups attached to an aromatic ring is 1. The van der Waals surface area contributed by atoms with Crippen molar-refractivity contribution >= 4 is 17.6 Å². The molecule has 0 fully saturated rings. The van der Waals surface area contributed by atoms with Crippen LogP contribution in [0.2, 0.25) is 0 Å². The van der Waals surface area contributed by atoms with E-state index in [9.17, 15) is 9.59 Å². The summed E-state index contributed by atoms with van der Waals surface area (Å²) in [5.41, 5.74) is 6.22. The maximum atomic E-state index is 12.1. The van der Waals surface area contributed by atoms with Crippen LogP contribution in [0.4, 0.5) is 5.69 Å². The molecule has 2 N–H and O–H groups in total. The Morgan fingerprint density at radius 2 is 2.00 bits per heavy atom. The molecular weight excluding hydrogens is 262 g/mol. The zero-order valence-corrected chi connectivity index (χ0v) is 11.8. The molecule has 0 spiro atoms. The number of carbonyl (C=O) groups excluding carboxylic acids is 2. The molecule has 0 aromatic heterocycles. The molecule has 110 valence electrons. The minimum atomic E-state index is -0.936. The number of anilines is 1. The van der Waals surface area contributed by atoms with E-state index in [0.29, 0.717) is 12.1 Å². The van der Waals surface area contributed by atoms with Gasteiger partial charge >= 0.3 is 11.9 Å². The van der Waals surface area contributed by atoms with Gasteiger partial charge in [0.2, 0.25) is 0 Å². The molecule has 0 radical (unpaired) electrons. The molecule has 0 bridgehead atoms. The van der Waals surface area contributed by atoms with Gasteiger partial charge in [-0.05, 0) is 25.5 Å². The van der Waals surface area contributed by atoms with Crippen molar-refractivity contribution in [2.45, 2.75) is 26.4 Å². The average Bonchev–Trinajstić information content (AvgIpc) is 2.44. The minimum Gasteiger partial charge on any atom is -0.494 e. The lowest BCUT2D eigenvalue weighted by Gasteiger charge is -2.16. The second-order valence-corrected chi connectivity index (χ2v) is 3.98. The van der Waals surface area contributed by atoms with E-state index in [0.717, 1.165) is 0 Å². The fourth-order valence-electron chi connectivity index (χ4n) is 1.67. The van der Waals surface area contributed by atoms with Crippen LogP contribution < -0.4 is 10.5 Å². The standard InChI is InChI=1S/C14H19NO5/c1-4-11(14(17)19-5-2)20-13(16)9-7-6-8-10(15)12(9)18-3/h6-8,11H,4-5,15H2,1-3H3. The van der Waals surface area contributed by atoms with Crippen LogP contribution in [0.1, 0.15) is 30.6 Å². The van der Waals surface area contributed by atoms with Crippen molar-refractivity contribution in [3.8, 4) is 5.75 Å². The van der Waals surface area contributed by atoms with Crippen LogP contribution in [-0.4, -0.2) is 31.8 Å². The van der Waals surface area contributed by atoms with Crippen molar-refractivity contribution in [3.63, 3.8) is 0 Å². The summed E-state index contributed by atoms with van der Waals surface area (Å²) < 4.78 is 15.1. The summed E-state index contributed by atoms with van der Waals surface area (Å²) in [7, 11) is 1.41. The number of para-hydroxylation sites is 1. The molecule has 0 saturated heterocycles. The summed E-state index contributed by atoms with van der Waals surface area (Å²) in [5.74, 6) is -1.00. The summed E-state index contributed by atoms with van der Waals surface area (Å²) in [4.78, 5) is 23.7. The van der Waals surface area contributed by atoms with E-state index in [2.05, 4.69) is 0 Å². The molecule has 0 saturated carbocycles. The Labute approximate surface area is 117 Å². The summed E-state index contributed by atoms with van der Waals surface area (Å²) in [6.45, 7) is 3.65. The molecule has 1 aromatic rings. The van der Waals surface area contributed by atoms with Gasteiger partial charge in [0, 0.05) is 0 Å². The highest BCUT2D eigenvalue weighted by Gasteiger charge is 2.25. The molecule has 1 unspecified atom stereocenters. The number of rotatable bonds is 6. The third kappa shape index (κ3) is 3.63. The van der Waals surface area contributed by atoms with E-state index >= 15 is 0 Å². The molecule has 1 atom stereocenters. The predicted octanol–water partition coefficient (Wildman–Crippen LogP) is 1.78. The highest BCUT2D eigenvalue weighted by atomic mass is 16.6. The lowest BCUT2D eigenvalue weighted by Crippen LogP contribution is -2.28. The molecule has 0 heterocycles. The topological polar surface area (TPSA) is 87.9 Å². The normalized spacial score (nSPS) is 11.6. The van der Waals surface area contributed by atoms with Gasteiger partial charge in [0.15, 0.2) is 11.9 Å². The van der Waals surface area contributed by atoms with Crippen LogP contribution in [-0.2, 0) is 14.3 Å². The fourth-order valence-corrected chi connectivity index (χ4v) is 1.67. The number of methoxy groups -OCH3 is 1. The minimum absolute atomic E-state index is 0.176. The first-order chi connectivity index (χ1) is 9.54. The van der Waals surface area contributed by atoms with Gasteiger partial charge in [0.05, 0.1) is 19.4 Å². The molecule has 6 nitrogen and oxygen atoms in total. The third-order valence-corrected chi connectivity index (χ3v) is 2.64. The van der Waals surface area contributed by atoms with E-state index in [-0.39, 0.29) is 17.9 Å². The van der Waals surface area contributed by atoms with E-state index in [1.54, 1.807) is 26.0 Å². The Balaban J connectivity index is 2.90. The van der Waals surface area contributed by atoms with Crippen molar-refractivity contribution in [2.24, 2.45) is 0 Å². The van der Waals surface area contributed by atoms with Crippen molar-refractivity contribution in [1.82, 2.24) is 0 Å². The van der Waals surface area contributed by atoms with Crippen LogP contribution in [0.3, 0.4) is 0 Å². The lowest BCUT2D eigenvalue weighted by atomic mass is 10.1. The highest BCUT2D eigenvalue weighted by molar-refractivity contribution is 5.96. The van der Waals surface area contributed by atoms with Gasteiger partial charge in [-0.1, -0.05) is 13.0 Å². The smallest absolute Gasteiger partial charge is 0.347 e. The van der Waals surface area contributed by atoms with Crippen molar-refractivity contribution in [1.29, 1.82) is 0 Å². The van der Waals surface area contributed by atoms with Crippen LogP contribution in [0.5, 0.6) is 5.75 Å². The average molecular weight is 281 g/mol. The Hall–Kier alpha value is -2.24. The maximum absolute atomic E-state index is 12.1. The van der Waals surface area contributed by atoms with Gasteiger partial charge in [0.1, 0.15) is 5.56 Å². The zero-order valence-electron chi connectivity index (χ0n) is 11.8. The summed E-state index contributed by atoms with van der Waals surface area (Å²) in [6.07, 6.45) is -0.608. The monoisotopic (exact) mass is 281 g/mol. The van der Waals surface area contributed by atoms with Crippen molar-refractivity contribution in [2.75, 3.05) is 19.5 Å². The molecule has 0 amide bonds. The Morgan fingerprint density at radius 1 is 1.30 bits per heavy atom. The first kappa shape index (κ1) is 15.8. The number of hydrogen-bond donors (Lipinski definition) is 1. The van der Waals surface area contributed by atoms with Crippen LogP contribution in [0, 0.1) is 0 Å². The zero-order chi connectivity index (χ0) is 15.1.